The van der Waals surface area contributed by atoms with Gasteiger partial charge in [0.05, 0.1) is 37.9 Å². The molecule has 1 fully saturated rings. The summed E-state index contributed by atoms with van der Waals surface area (Å²) in [7, 11) is 0. The number of rotatable bonds is 5. The fourth-order valence-corrected chi connectivity index (χ4v) is 1.99. The first-order valence-electron chi connectivity index (χ1n) is 5.98. The van der Waals surface area contributed by atoms with Crippen molar-refractivity contribution >= 4 is 0 Å². The molecule has 3 N–H and O–H groups in total. The maximum absolute atomic E-state index is 9.05. The predicted octanol–water partition coefficient (Wildman–Crippen LogP) is -0.793. The van der Waals surface area contributed by atoms with Gasteiger partial charge in [-0.3, -0.25) is 4.90 Å². The van der Waals surface area contributed by atoms with Crippen molar-refractivity contribution in [1.29, 1.82) is 0 Å². The summed E-state index contributed by atoms with van der Waals surface area (Å²) in [5, 5.41) is 9.05. The molecule has 2 heterocycles. The Hall–Kier alpha value is -0.950. The molecule has 0 aromatic carbocycles. The van der Waals surface area contributed by atoms with Crippen LogP contribution in [0.3, 0.4) is 0 Å². The average Bonchev–Trinajstić information content (AvgIpc) is 2.85. The van der Waals surface area contributed by atoms with Gasteiger partial charge in [-0.1, -0.05) is 0 Å². The van der Waals surface area contributed by atoms with E-state index < -0.39 is 0 Å². The Balaban J connectivity index is 1.87. The van der Waals surface area contributed by atoms with Crippen molar-refractivity contribution in [3.63, 3.8) is 0 Å². The molecule has 0 bridgehead atoms. The van der Waals surface area contributed by atoms with Crippen molar-refractivity contribution in [2.75, 3.05) is 39.5 Å². The maximum Gasteiger partial charge on any atom is 0.0949 e. The van der Waals surface area contributed by atoms with Crippen LogP contribution in [0.15, 0.2) is 12.5 Å². The first-order valence-corrected chi connectivity index (χ1v) is 5.98. The molecular weight excluding hydrogens is 220 g/mol. The third-order valence-corrected chi connectivity index (χ3v) is 3.08. The second kappa shape index (κ2) is 6.11. The number of ether oxygens (including phenoxy) is 1. The van der Waals surface area contributed by atoms with E-state index in [1.807, 2.05) is 4.57 Å². The Morgan fingerprint density at radius 2 is 2.18 bits per heavy atom. The molecule has 6 nitrogen and oxygen atoms in total. The summed E-state index contributed by atoms with van der Waals surface area (Å²) < 4.78 is 7.31. The number of nitrogens with two attached hydrogens (primary N) is 1. The zero-order valence-electron chi connectivity index (χ0n) is 9.96. The molecule has 0 aliphatic carbocycles. The molecular formula is C11H20N4O2. The van der Waals surface area contributed by atoms with E-state index in [1.165, 1.54) is 0 Å². The third-order valence-electron chi connectivity index (χ3n) is 3.08. The van der Waals surface area contributed by atoms with Gasteiger partial charge in [-0.2, -0.15) is 0 Å². The Kier molecular flexibility index (Phi) is 4.49. The van der Waals surface area contributed by atoms with Gasteiger partial charge in [-0.25, -0.2) is 4.98 Å². The van der Waals surface area contributed by atoms with E-state index in [0.717, 1.165) is 45.1 Å². The van der Waals surface area contributed by atoms with E-state index in [0.29, 0.717) is 0 Å². The van der Waals surface area contributed by atoms with E-state index in [-0.39, 0.29) is 12.6 Å². The van der Waals surface area contributed by atoms with Gasteiger partial charge >= 0.3 is 0 Å². The zero-order valence-corrected chi connectivity index (χ0v) is 9.96. The Bertz CT molecular complexity index is 336. The lowest BCUT2D eigenvalue weighted by atomic mass is 10.2. The molecule has 0 saturated carbocycles. The largest absolute Gasteiger partial charge is 0.394 e. The van der Waals surface area contributed by atoms with E-state index in [2.05, 4.69) is 9.88 Å². The van der Waals surface area contributed by atoms with Gasteiger partial charge in [-0.05, 0) is 0 Å². The van der Waals surface area contributed by atoms with Gasteiger partial charge in [0.1, 0.15) is 0 Å². The van der Waals surface area contributed by atoms with Crippen LogP contribution in [0.4, 0.5) is 0 Å². The summed E-state index contributed by atoms with van der Waals surface area (Å²) in [4.78, 5) is 6.44. The SMILES string of the molecule is NC(CO)c1cncn1CCN1CCOCC1. The number of hydrogen-bond acceptors (Lipinski definition) is 5. The highest BCUT2D eigenvalue weighted by atomic mass is 16.5. The summed E-state index contributed by atoms with van der Waals surface area (Å²) in [6.45, 7) is 5.35. The second-order valence-corrected chi connectivity index (χ2v) is 4.25. The molecule has 1 aliphatic heterocycles. The average molecular weight is 240 g/mol. The van der Waals surface area contributed by atoms with Crippen molar-refractivity contribution in [2.45, 2.75) is 12.6 Å². The van der Waals surface area contributed by atoms with Crippen LogP contribution in [-0.4, -0.2) is 59.0 Å². The van der Waals surface area contributed by atoms with Crippen LogP contribution in [0.2, 0.25) is 0 Å². The Labute approximate surface area is 101 Å². The number of nitrogens with zero attached hydrogens (tertiary/aromatic N) is 3. The van der Waals surface area contributed by atoms with Crippen molar-refractivity contribution in [2.24, 2.45) is 5.73 Å². The van der Waals surface area contributed by atoms with Gasteiger partial charge in [0.25, 0.3) is 0 Å². The van der Waals surface area contributed by atoms with Crippen molar-refractivity contribution in [3.05, 3.63) is 18.2 Å². The highest BCUT2D eigenvalue weighted by molar-refractivity contribution is 5.04. The van der Waals surface area contributed by atoms with Crippen molar-refractivity contribution in [3.8, 4) is 0 Å². The van der Waals surface area contributed by atoms with E-state index in [1.54, 1.807) is 12.5 Å². The van der Waals surface area contributed by atoms with Crippen LogP contribution < -0.4 is 5.73 Å². The van der Waals surface area contributed by atoms with Gasteiger partial charge in [-0.15, -0.1) is 0 Å². The molecule has 17 heavy (non-hydrogen) atoms. The summed E-state index contributed by atoms with van der Waals surface area (Å²) in [6.07, 6.45) is 3.49. The van der Waals surface area contributed by atoms with Crippen LogP contribution >= 0.6 is 0 Å². The predicted molar refractivity (Wildman–Crippen MR) is 63.5 cm³/mol. The normalized spacial score (nSPS) is 19.4. The number of aliphatic hydroxyl groups is 1. The molecule has 6 heteroatoms. The molecule has 1 unspecified atom stereocenters. The standard InChI is InChI=1S/C11H20N4O2/c12-10(8-16)11-7-13-9-15(11)2-1-14-3-5-17-6-4-14/h7,9-10,16H,1-6,8,12H2. The van der Waals surface area contributed by atoms with Crippen molar-refractivity contribution < 1.29 is 9.84 Å². The van der Waals surface area contributed by atoms with Gasteiger partial charge in [0.2, 0.25) is 0 Å². The number of morpholine rings is 1. The lowest BCUT2D eigenvalue weighted by molar-refractivity contribution is 0.0362. The lowest BCUT2D eigenvalue weighted by Crippen LogP contribution is -2.38. The second-order valence-electron chi connectivity index (χ2n) is 4.25. The molecule has 1 aromatic heterocycles. The van der Waals surface area contributed by atoms with Gasteiger partial charge in [0.15, 0.2) is 0 Å². The summed E-state index contributed by atoms with van der Waals surface area (Å²) in [6, 6.07) is -0.345. The topological polar surface area (TPSA) is 76.5 Å². The maximum atomic E-state index is 9.05. The first kappa shape index (κ1) is 12.5. The summed E-state index contributed by atoms with van der Waals surface area (Å²) in [5.41, 5.74) is 6.69. The smallest absolute Gasteiger partial charge is 0.0949 e. The quantitative estimate of drug-likeness (QED) is 0.705. The van der Waals surface area contributed by atoms with E-state index in [9.17, 15) is 0 Å². The molecule has 1 aliphatic rings. The van der Waals surface area contributed by atoms with Crippen molar-refractivity contribution in [1.82, 2.24) is 14.5 Å². The summed E-state index contributed by atoms with van der Waals surface area (Å²) in [5.74, 6) is 0. The molecule has 1 saturated heterocycles. The number of aliphatic hydroxyl groups excluding tert-OH is 1. The minimum absolute atomic E-state index is 0.0523. The molecule has 96 valence electrons. The first-order chi connectivity index (χ1) is 8.31. The summed E-state index contributed by atoms with van der Waals surface area (Å²) >= 11 is 0. The zero-order chi connectivity index (χ0) is 12.1. The fourth-order valence-electron chi connectivity index (χ4n) is 1.99. The van der Waals surface area contributed by atoms with Gasteiger partial charge < -0.3 is 20.1 Å². The Morgan fingerprint density at radius 1 is 1.41 bits per heavy atom. The van der Waals surface area contributed by atoms with Gasteiger partial charge in [0, 0.05) is 32.4 Å². The highest BCUT2D eigenvalue weighted by Crippen LogP contribution is 2.09. The molecule has 1 aromatic rings. The van der Waals surface area contributed by atoms with E-state index in [4.69, 9.17) is 15.6 Å². The number of hydrogen-bond donors (Lipinski definition) is 2. The monoisotopic (exact) mass is 240 g/mol. The molecule has 0 spiro atoms. The molecule has 0 radical (unpaired) electrons. The lowest BCUT2D eigenvalue weighted by Gasteiger charge is -2.27. The van der Waals surface area contributed by atoms with Crippen LogP contribution in [0.25, 0.3) is 0 Å². The minimum Gasteiger partial charge on any atom is -0.394 e. The number of imidazole rings is 1. The highest BCUT2D eigenvalue weighted by Gasteiger charge is 2.13. The van der Waals surface area contributed by atoms with Crippen LogP contribution in [-0.2, 0) is 11.3 Å². The van der Waals surface area contributed by atoms with Crippen LogP contribution in [0.1, 0.15) is 11.7 Å². The fraction of sp³-hybridized carbons (Fsp3) is 0.727. The third kappa shape index (κ3) is 3.26. The van der Waals surface area contributed by atoms with Crippen LogP contribution in [0.5, 0.6) is 0 Å². The molecule has 1 atom stereocenters. The Morgan fingerprint density at radius 3 is 2.88 bits per heavy atom. The van der Waals surface area contributed by atoms with Crippen LogP contribution in [0, 0.1) is 0 Å². The number of aromatic nitrogens is 2. The minimum atomic E-state index is -0.345. The molecule has 0 amide bonds. The van der Waals surface area contributed by atoms with E-state index >= 15 is 0 Å². The molecule has 2 rings (SSSR count).